The molecule has 0 fully saturated rings. The molecular weight excluding hydrogens is 228 g/mol. The molecule has 5 nitrogen and oxygen atoms in total. The Balaban J connectivity index is 2.09. The van der Waals surface area contributed by atoms with Crippen LogP contribution in [0.15, 0.2) is 6.07 Å². The van der Waals surface area contributed by atoms with Gasteiger partial charge in [-0.2, -0.15) is 10.2 Å². The summed E-state index contributed by atoms with van der Waals surface area (Å²) in [5, 5.41) is 14.9. The van der Waals surface area contributed by atoms with Crippen molar-refractivity contribution in [2.45, 2.75) is 26.8 Å². The van der Waals surface area contributed by atoms with Crippen LogP contribution in [0.5, 0.6) is 0 Å². The fraction of sp³-hybridized carbons (Fsp3) is 0.692. The maximum atomic E-state index is 4.96. The van der Waals surface area contributed by atoms with Crippen LogP contribution in [-0.2, 0) is 11.3 Å². The highest BCUT2D eigenvalue weighted by Gasteiger charge is 2.00. The second kappa shape index (κ2) is 8.97. The van der Waals surface area contributed by atoms with E-state index in [4.69, 9.17) is 4.74 Å². The van der Waals surface area contributed by atoms with Crippen LogP contribution in [0.3, 0.4) is 0 Å². The molecule has 5 heteroatoms. The summed E-state index contributed by atoms with van der Waals surface area (Å²) < 4.78 is 4.96. The highest BCUT2D eigenvalue weighted by atomic mass is 16.5. The van der Waals surface area contributed by atoms with E-state index in [-0.39, 0.29) is 0 Å². The summed E-state index contributed by atoms with van der Waals surface area (Å²) in [7, 11) is 1.72. The minimum absolute atomic E-state index is 0.772. The molecule has 0 aliphatic heterocycles. The topological polar surface area (TPSA) is 59.1 Å². The summed E-state index contributed by atoms with van der Waals surface area (Å²) in [6, 6.07) is 2.09. The van der Waals surface area contributed by atoms with Gasteiger partial charge in [0.25, 0.3) is 0 Å². The average Bonchev–Trinajstić information content (AvgIpc) is 2.36. The fourth-order valence-corrected chi connectivity index (χ4v) is 1.64. The van der Waals surface area contributed by atoms with E-state index in [0.717, 1.165) is 50.6 Å². The Morgan fingerprint density at radius 1 is 1.11 bits per heavy atom. The van der Waals surface area contributed by atoms with Crippen LogP contribution < -0.4 is 10.6 Å². The molecule has 2 N–H and O–H groups in total. The van der Waals surface area contributed by atoms with Crippen molar-refractivity contribution in [3.8, 4) is 0 Å². The zero-order valence-corrected chi connectivity index (χ0v) is 11.6. The summed E-state index contributed by atoms with van der Waals surface area (Å²) in [5.41, 5.74) is 3.21. The van der Waals surface area contributed by atoms with Gasteiger partial charge < -0.3 is 15.4 Å². The molecule has 102 valence electrons. The molecule has 0 saturated carbocycles. The van der Waals surface area contributed by atoms with E-state index >= 15 is 0 Å². The maximum absolute atomic E-state index is 4.96. The lowest BCUT2D eigenvalue weighted by Gasteiger charge is -2.08. The molecule has 0 aromatic carbocycles. The lowest BCUT2D eigenvalue weighted by atomic mass is 10.2. The average molecular weight is 252 g/mol. The lowest BCUT2D eigenvalue weighted by Crippen LogP contribution is -2.24. The standard InChI is InChI=1S/C13H24N4O/c1-11-9-13(12(2)17-16-11)10-15-6-4-5-14-7-8-18-3/h9,14-15H,4-8,10H2,1-3H3. The van der Waals surface area contributed by atoms with Crippen molar-refractivity contribution < 1.29 is 4.74 Å². The van der Waals surface area contributed by atoms with Crippen LogP contribution in [0.4, 0.5) is 0 Å². The summed E-state index contributed by atoms with van der Waals surface area (Å²) in [4.78, 5) is 0. The quantitative estimate of drug-likeness (QED) is 0.637. The van der Waals surface area contributed by atoms with Gasteiger partial charge in [-0.15, -0.1) is 0 Å². The van der Waals surface area contributed by atoms with E-state index in [1.165, 1.54) is 5.56 Å². The minimum atomic E-state index is 0.772. The zero-order chi connectivity index (χ0) is 13.2. The molecule has 0 aliphatic rings. The van der Waals surface area contributed by atoms with Gasteiger partial charge in [0.15, 0.2) is 0 Å². The number of hydrogen-bond donors (Lipinski definition) is 2. The first-order valence-electron chi connectivity index (χ1n) is 6.44. The number of nitrogens with zero attached hydrogens (tertiary/aromatic N) is 2. The molecule has 0 unspecified atom stereocenters. The van der Waals surface area contributed by atoms with Gasteiger partial charge in [-0.1, -0.05) is 0 Å². The van der Waals surface area contributed by atoms with E-state index in [2.05, 4.69) is 26.9 Å². The third-order valence-corrected chi connectivity index (χ3v) is 2.71. The van der Waals surface area contributed by atoms with Gasteiger partial charge in [0, 0.05) is 20.2 Å². The minimum Gasteiger partial charge on any atom is -0.383 e. The zero-order valence-electron chi connectivity index (χ0n) is 11.6. The Labute approximate surface area is 109 Å². The first-order chi connectivity index (χ1) is 8.74. The van der Waals surface area contributed by atoms with Crippen molar-refractivity contribution >= 4 is 0 Å². The molecule has 0 radical (unpaired) electrons. The first kappa shape index (κ1) is 15.0. The number of hydrogen-bond acceptors (Lipinski definition) is 5. The van der Waals surface area contributed by atoms with Crippen LogP contribution in [0.2, 0.25) is 0 Å². The SMILES string of the molecule is COCCNCCCNCc1cc(C)nnc1C. The maximum Gasteiger partial charge on any atom is 0.0645 e. The molecule has 0 saturated heterocycles. The molecule has 0 atom stereocenters. The lowest BCUT2D eigenvalue weighted by molar-refractivity contribution is 0.199. The molecule has 1 aromatic heterocycles. The predicted octanol–water partition coefficient (Wildman–Crippen LogP) is 0.809. The second-order valence-electron chi connectivity index (χ2n) is 4.37. The van der Waals surface area contributed by atoms with Gasteiger partial charge in [0.1, 0.15) is 0 Å². The highest BCUT2D eigenvalue weighted by Crippen LogP contribution is 2.04. The summed E-state index contributed by atoms with van der Waals surface area (Å²) in [5.74, 6) is 0. The van der Waals surface area contributed by atoms with E-state index in [1.807, 2.05) is 13.8 Å². The van der Waals surface area contributed by atoms with Crippen LogP contribution in [0, 0.1) is 13.8 Å². The van der Waals surface area contributed by atoms with E-state index in [1.54, 1.807) is 7.11 Å². The van der Waals surface area contributed by atoms with Crippen LogP contribution in [0.25, 0.3) is 0 Å². The predicted molar refractivity (Wildman–Crippen MR) is 72.6 cm³/mol. The summed E-state index contributed by atoms with van der Waals surface area (Å²) in [6.07, 6.45) is 1.11. The monoisotopic (exact) mass is 252 g/mol. The molecular formula is C13H24N4O. The summed E-state index contributed by atoms with van der Waals surface area (Å²) >= 11 is 0. The van der Waals surface area contributed by atoms with Crippen molar-refractivity contribution in [3.63, 3.8) is 0 Å². The number of rotatable bonds is 9. The molecule has 1 rings (SSSR count). The van der Waals surface area contributed by atoms with Crippen LogP contribution >= 0.6 is 0 Å². The Kier molecular flexibility index (Phi) is 7.48. The third-order valence-electron chi connectivity index (χ3n) is 2.71. The number of aryl methyl sites for hydroxylation is 2. The largest absolute Gasteiger partial charge is 0.383 e. The molecule has 1 heterocycles. The van der Waals surface area contributed by atoms with Crippen molar-refractivity contribution in [2.24, 2.45) is 0 Å². The Morgan fingerprint density at radius 3 is 2.67 bits per heavy atom. The van der Waals surface area contributed by atoms with Gasteiger partial charge in [0.2, 0.25) is 0 Å². The summed E-state index contributed by atoms with van der Waals surface area (Å²) in [6.45, 7) is 8.53. The van der Waals surface area contributed by atoms with Gasteiger partial charge in [-0.3, -0.25) is 0 Å². The molecule has 0 bridgehead atoms. The van der Waals surface area contributed by atoms with E-state index in [0.29, 0.717) is 0 Å². The first-order valence-corrected chi connectivity index (χ1v) is 6.44. The molecule has 0 spiro atoms. The van der Waals surface area contributed by atoms with Gasteiger partial charge in [0.05, 0.1) is 18.0 Å². The Hall–Kier alpha value is -1.04. The molecule has 18 heavy (non-hydrogen) atoms. The molecule has 0 aliphatic carbocycles. The van der Waals surface area contributed by atoms with Gasteiger partial charge >= 0.3 is 0 Å². The normalized spacial score (nSPS) is 10.8. The Morgan fingerprint density at radius 2 is 1.89 bits per heavy atom. The van der Waals surface area contributed by atoms with Gasteiger partial charge in [-0.25, -0.2) is 0 Å². The fourth-order valence-electron chi connectivity index (χ4n) is 1.64. The number of aromatic nitrogens is 2. The van der Waals surface area contributed by atoms with Crippen molar-refractivity contribution in [1.29, 1.82) is 0 Å². The van der Waals surface area contributed by atoms with E-state index in [9.17, 15) is 0 Å². The molecule has 0 amide bonds. The van der Waals surface area contributed by atoms with Crippen molar-refractivity contribution in [1.82, 2.24) is 20.8 Å². The van der Waals surface area contributed by atoms with Crippen LogP contribution in [-0.4, -0.2) is 43.5 Å². The van der Waals surface area contributed by atoms with Gasteiger partial charge in [-0.05, 0) is 45.0 Å². The Bertz CT molecular complexity index is 344. The van der Waals surface area contributed by atoms with Crippen LogP contribution in [0.1, 0.15) is 23.4 Å². The molecule has 1 aromatic rings. The number of methoxy groups -OCH3 is 1. The van der Waals surface area contributed by atoms with Crippen molar-refractivity contribution in [3.05, 3.63) is 23.0 Å². The number of ether oxygens (including phenoxy) is 1. The second-order valence-corrected chi connectivity index (χ2v) is 4.37. The smallest absolute Gasteiger partial charge is 0.0645 e. The van der Waals surface area contributed by atoms with E-state index < -0.39 is 0 Å². The number of nitrogens with one attached hydrogen (secondary N) is 2. The third kappa shape index (κ3) is 6.05. The highest BCUT2D eigenvalue weighted by molar-refractivity contribution is 5.19. The van der Waals surface area contributed by atoms with Crippen molar-refractivity contribution in [2.75, 3.05) is 33.4 Å².